The number of ketones is 2. The van der Waals surface area contributed by atoms with Gasteiger partial charge in [-0.15, -0.1) is 0 Å². The number of allylic oxidation sites excluding steroid dienone is 2. The van der Waals surface area contributed by atoms with Crippen molar-refractivity contribution in [3.63, 3.8) is 0 Å². The van der Waals surface area contributed by atoms with Crippen molar-refractivity contribution < 1.29 is 61.5 Å². The van der Waals surface area contributed by atoms with Crippen molar-refractivity contribution in [1.29, 1.82) is 0 Å². The average molecular weight is 864 g/mol. The maximum Gasteiger partial charge on any atom is 0.295 e. The van der Waals surface area contributed by atoms with Gasteiger partial charge in [0.25, 0.3) is 40.5 Å². The molecular weight excluding hydrogens is 840 g/mol. The van der Waals surface area contributed by atoms with E-state index in [1.54, 1.807) is 0 Å². The Bertz CT molecular complexity index is 2810. The zero-order chi connectivity index (χ0) is 40.8. The van der Waals surface area contributed by atoms with Gasteiger partial charge in [0.05, 0.1) is 11.4 Å². The molecule has 0 atom stereocenters. The molecule has 0 bridgehead atoms. The second-order valence-corrected chi connectivity index (χ2v) is 17.3. The van der Waals surface area contributed by atoms with Gasteiger partial charge in [0, 0.05) is 51.8 Å². The second kappa shape index (κ2) is 16.1. The third-order valence-electron chi connectivity index (χ3n) is 8.07. The van der Waals surface area contributed by atoms with Crippen molar-refractivity contribution in [3.05, 3.63) is 130 Å². The number of hydrogen-bond acceptors (Lipinski definition) is 14. The summed E-state index contributed by atoms with van der Waals surface area (Å²) in [7, 11) is -19.6. The van der Waals surface area contributed by atoms with E-state index in [-0.39, 0.29) is 74.3 Å². The van der Waals surface area contributed by atoms with Gasteiger partial charge in [-0.3, -0.25) is 38.7 Å². The molecule has 289 valence electrons. The van der Waals surface area contributed by atoms with Gasteiger partial charge in [-0.1, -0.05) is 72.8 Å². The van der Waals surface area contributed by atoms with E-state index in [1.165, 1.54) is 60.7 Å². The Morgan fingerprint density at radius 1 is 0.474 bits per heavy atom. The van der Waals surface area contributed by atoms with Crippen LogP contribution in [0.25, 0.3) is 22.0 Å². The fourth-order valence-corrected chi connectivity index (χ4v) is 8.41. The fourth-order valence-electron chi connectivity index (χ4n) is 5.55. The topological polar surface area (TPSA) is 300 Å². The largest absolute Gasteiger partial charge is 0.295 e. The average Bonchev–Trinajstić information content (AvgIpc) is 3.12. The Morgan fingerprint density at radius 2 is 0.807 bits per heavy atom. The zero-order valence-corrected chi connectivity index (χ0v) is 34.1. The molecule has 2 aliphatic rings. The number of nitrogens with zero attached hydrogens (tertiary/aromatic N) is 2. The van der Waals surface area contributed by atoms with Crippen molar-refractivity contribution in [2.45, 2.75) is 9.79 Å². The molecule has 0 aromatic heterocycles. The van der Waals surface area contributed by atoms with Gasteiger partial charge in [0.1, 0.15) is 31.0 Å². The van der Waals surface area contributed by atoms with Gasteiger partial charge in [0.2, 0.25) is 11.6 Å². The van der Waals surface area contributed by atoms with Gasteiger partial charge < -0.3 is 0 Å². The Morgan fingerprint density at radius 3 is 1.12 bits per heavy atom. The minimum absolute atomic E-state index is 0. The number of Topliss-reactive ketones (excluding diaryl/α,β-unsaturated/α-hetero) is 2. The van der Waals surface area contributed by atoms with Gasteiger partial charge in [-0.2, -0.15) is 43.9 Å². The minimum Gasteiger partial charge on any atom is -0.287 e. The van der Waals surface area contributed by atoms with Crippen LogP contribution in [0.4, 0.5) is 11.4 Å². The predicted molar refractivity (Wildman–Crippen MR) is 210 cm³/mol. The van der Waals surface area contributed by atoms with Crippen LogP contribution < -0.4 is 10.9 Å². The molecule has 23 heteroatoms. The molecule has 0 unspecified atom stereocenters. The number of hydrogen-bond donors (Lipinski definition) is 6. The maximum absolute atomic E-state index is 13.0. The van der Waals surface area contributed by atoms with Gasteiger partial charge >= 0.3 is 0 Å². The summed E-state index contributed by atoms with van der Waals surface area (Å²) in [6.45, 7) is 0. The Hall–Kier alpha value is -4.98. The van der Waals surface area contributed by atoms with Crippen LogP contribution in [-0.2, 0) is 40.5 Å². The smallest absolute Gasteiger partial charge is 0.287 e. The Labute approximate surface area is 346 Å². The summed E-state index contributed by atoms with van der Waals surface area (Å²) in [5.74, 6) is -1.45. The molecule has 6 N–H and O–H groups in total. The van der Waals surface area contributed by atoms with Crippen molar-refractivity contribution in [1.82, 2.24) is 0 Å². The molecular formula is C34H24N4NaO14S4. The predicted octanol–water partition coefficient (Wildman–Crippen LogP) is 3.76. The molecule has 0 fully saturated rings. The summed E-state index contributed by atoms with van der Waals surface area (Å²) in [5, 5.41) is 7.73. The van der Waals surface area contributed by atoms with Crippen molar-refractivity contribution >= 4 is 126 Å². The standard InChI is InChI=1S/C34H24N4O14S4.Na/c39-33-25-7-3-1-5-23(25)31(55(47,48)49)17-27(33)37-35-21-13-11-19(29(15-21)53(41,42)43)9-10-20-12-14-22(16-30(20)54(44,45)46)36-38-28-18-32(56(50,51)52)24-6-2-4-8-26(24)34(28)40;/h1-18,35-36H,(H,41,42,43)(H,44,45,46)(H,47,48,49)(H,50,51,52);/b10-9?,37-27-,38-28-;. The third kappa shape index (κ3) is 9.43. The van der Waals surface area contributed by atoms with Crippen LogP contribution in [0.15, 0.2) is 117 Å². The number of benzene rings is 4. The second-order valence-electron chi connectivity index (χ2n) is 11.7. The number of carbonyl (C=O) groups is 2. The van der Waals surface area contributed by atoms with Crippen LogP contribution in [0.5, 0.6) is 0 Å². The molecule has 0 heterocycles. The number of nitrogens with one attached hydrogen (secondary N) is 2. The molecule has 4 aromatic rings. The SMILES string of the molecule is O=C1/C(=N\Nc2ccc(C=Cc3ccc(N/N=C4/C=C(S(=O)(=O)O)c5ccccc5C4=O)cc3S(=O)(=O)O)c(S(=O)(=O)O)c2)C=C(S(=O)(=O)O)c2ccccc21.[Na]. The molecule has 18 nitrogen and oxygen atoms in total. The number of rotatable bonds is 10. The molecule has 0 saturated carbocycles. The van der Waals surface area contributed by atoms with Crippen LogP contribution in [0.3, 0.4) is 0 Å². The molecule has 0 amide bonds. The first kappa shape index (κ1) is 43.1. The van der Waals surface area contributed by atoms with Gasteiger partial charge in [-0.25, -0.2) is 0 Å². The molecule has 0 aliphatic heterocycles. The van der Waals surface area contributed by atoms with Gasteiger partial charge in [-0.05, 0) is 47.5 Å². The summed E-state index contributed by atoms with van der Waals surface area (Å²) in [6.07, 6.45) is 3.80. The molecule has 6 rings (SSSR count). The van der Waals surface area contributed by atoms with E-state index >= 15 is 0 Å². The van der Waals surface area contributed by atoms with Gasteiger partial charge in [0.15, 0.2) is 0 Å². The summed E-state index contributed by atoms with van der Waals surface area (Å²) < 4.78 is 137. The first-order valence-corrected chi connectivity index (χ1v) is 21.1. The molecule has 1 radical (unpaired) electrons. The zero-order valence-electron chi connectivity index (χ0n) is 28.8. The number of anilines is 2. The van der Waals surface area contributed by atoms with Crippen LogP contribution in [-0.4, -0.2) is 104 Å². The minimum atomic E-state index is -4.99. The quantitative estimate of drug-likeness (QED) is 0.0572. The number of fused-ring (bicyclic) bond motifs is 2. The number of hydrazone groups is 2. The summed E-state index contributed by atoms with van der Waals surface area (Å²) >= 11 is 0. The normalized spacial score (nSPS) is 16.1. The summed E-state index contributed by atoms with van der Waals surface area (Å²) in [4.78, 5) is 23.3. The Balaban J connectivity index is 0.00000620. The number of carbonyl (C=O) groups excluding carboxylic acids is 2. The molecule has 4 aromatic carbocycles. The fraction of sp³-hybridized carbons (Fsp3) is 0. The monoisotopic (exact) mass is 863 g/mol. The van der Waals surface area contributed by atoms with E-state index in [1.807, 2.05) is 0 Å². The van der Waals surface area contributed by atoms with E-state index in [0.29, 0.717) is 0 Å². The van der Waals surface area contributed by atoms with Crippen LogP contribution in [0.2, 0.25) is 0 Å². The van der Waals surface area contributed by atoms with Crippen molar-refractivity contribution in [2.75, 3.05) is 10.9 Å². The van der Waals surface area contributed by atoms with E-state index in [2.05, 4.69) is 21.1 Å². The van der Waals surface area contributed by atoms with E-state index in [9.17, 15) is 61.5 Å². The van der Waals surface area contributed by atoms with E-state index in [0.717, 1.165) is 48.6 Å². The van der Waals surface area contributed by atoms with Crippen molar-refractivity contribution in [3.8, 4) is 0 Å². The van der Waals surface area contributed by atoms with Crippen LogP contribution in [0.1, 0.15) is 43.0 Å². The molecule has 0 spiro atoms. The van der Waals surface area contributed by atoms with Crippen LogP contribution >= 0.6 is 0 Å². The molecule has 0 saturated heterocycles. The molecule has 2 aliphatic carbocycles. The molecule has 57 heavy (non-hydrogen) atoms. The Kier molecular flexibility index (Phi) is 12.2. The van der Waals surface area contributed by atoms with E-state index in [4.69, 9.17) is 0 Å². The first-order chi connectivity index (χ1) is 26.1. The van der Waals surface area contributed by atoms with Crippen molar-refractivity contribution in [2.24, 2.45) is 10.2 Å². The van der Waals surface area contributed by atoms with E-state index < -0.39 is 83.1 Å². The summed E-state index contributed by atoms with van der Waals surface area (Å²) in [5.41, 5.74) is 2.94. The third-order valence-corrected chi connectivity index (χ3v) is 11.7. The maximum atomic E-state index is 13.0. The first-order valence-electron chi connectivity index (χ1n) is 15.4. The summed E-state index contributed by atoms with van der Waals surface area (Å²) in [6, 6.07) is 17.7. The van der Waals surface area contributed by atoms with Crippen LogP contribution in [0, 0.1) is 0 Å².